The number of hydrogen-bond donors (Lipinski definition) is 0. The van der Waals surface area contributed by atoms with Crippen LogP contribution in [-0.2, 0) is 0 Å². The van der Waals surface area contributed by atoms with Gasteiger partial charge in [0.2, 0.25) is 5.78 Å². The largest absolute Gasteiger partial charge is 0.496 e. The minimum atomic E-state index is -0.483. The number of halogens is 1. The van der Waals surface area contributed by atoms with E-state index in [1.54, 1.807) is 23.9 Å². The molecule has 5 heteroatoms. The molecule has 2 aromatic carbocycles. The van der Waals surface area contributed by atoms with Crippen molar-refractivity contribution in [2.24, 2.45) is 0 Å². The second-order valence-electron chi connectivity index (χ2n) is 4.23. The Bertz CT molecular complexity index is 626. The highest BCUT2D eigenvalue weighted by Crippen LogP contribution is 2.22. The molecule has 0 aromatic heterocycles. The van der Waals surface area contributed by atoms with Crippen LogP contribution in [0.4, 0.5) is 4.39 Å². The van der Waals surface area contributed by atoms with Gasteiger partial charge in [0.15, 0.2) is 6.61 Å². The Morgan fingerprint density at radius 2 is 1.90 bits per heavy atom. The Labute approximate surface area is 127 Å². The lowest BCUT2D eigenvalue weighted by Crippen LogP contribution is -2.13. The molecule has 0 aliphatic heterocycles. The molecule has 0 saturated heterocycles. The maximum Gasteiger partial charge on any atom is 0.204 e. The average molecular weight is 306 g/mol. The van der Waals surface area contributed by atoms with E-state index in [9.17, 15) is 9.18 Å². The summed E-state index contributed by atoms with van der Waals surface area (Å²) in [5.74, 6) is 0.114. The normalized spacial score (nSPS) is 10.2. The van der Waals surface area contributed by atoms with E-state index in [2.05, 4.69) is 0 Å². The van der Waals surface area contributed by atoms with Gasteiger partial charge >= 0.3 is 0 Å². The van der Waals surface area contributed by atoms with Gasteiger partial charge in [-0.05, 0) is 48.7 Å². The van der Waals surface area contributed by atoms with Crippen molar-refractivity contribution >= 4 is 17.5 Å². The molecule has 0 heterocycles. The predicted octanol–water partition coefficient (Wildman–Crippen LogP) is 3.82. The fraction of sp³-hybridized carbons (Fsp3) is 0.188. The van der Waals surface area contributed by atoms with Crippen molar-refractivity contribution in [3.8, 4) is 11.5 Å². The Hall–Kier alpha value is -2.01. The molecule has 2 aromatic rings. The Kier molecular flexibility index (Phi) is 5.22. The second-order valence-corrected chi connectivity index (χ2v) is 5.11. The van der Waals surface area contributed by atoms with Crippen molar-refractivity contribution in [1.82, 2.24) is 0 Å². The SMILES string of the molecule is COc1ccc(F)cc1C(=O)COc1ccc(SC)cc1. The molecular formula is C16H15FO3S. The molecule has 0 unspecified atom stereocenters. The summed E-state index contributed by atoms with van der Waals surface area (Å²) in [6.45, 7) is -0.168. The van der Waals surface area contributed by atoms with Crippen LogP contribution in [-0.4, -0.2) is 25.8 Å². The van der Waals surface area contributed by atoms with Gasteiger partial charge in [-0.15, -0.1) is 11.8 Å². The topological polar surface area (TPSA) is 35.5 Å². The Morgan fingerprint density at radius 1 is 1.19 bits per heavy atom. The first-order valence-electron chi connectivity index (χ1n) is 6.27. The highest BCUT2D eigenvalue weighted by molar-refractivity contribution is 7.98. The summed E-state index contributed by atoms with van der Waals surface area (Å²) in [5, 5.41) is 0. The maximum absolute atomic E-state index is 13.2. The minimum absolute atomic E-state index is 0.168. The molecule has 0 fully saturated rings. The molecule has 0 amide bonds. The van der Waals surface area contributed by atoms with Crippen LogP contribution in [0.1, 0.15) is 10.4 Å². The molecule has 0 spiro atoms. The number of carbonyl (C=O) groups is 1. The van der Waals surface area contributed by atoms with Crippen LogP contribution in [0.2, 0.25) is 0 Å². The maximum atomic E-state index is 13.2. The summed E-state index contributed by atoms with van der Waals surface area (Å²) in [5.41, 5.74) is 0.179. The van der Waals surface area contributed by atoms with Crippen LogP contribution in [0.5, 0.6) is 11.5 Å². The predicted molar refractivity (Wildman–Crippen MR) is 81.0 cm³/mol. The number of ketones is 1. The number of ether oxygens (including phenoxy) is 2. The van der Waals surface area contributed by atoms with Crippen molar-refractivity contribution in [3.63, 3.8) is 0 Å². The van der Waals surface area contributed by atoms with E-state index >= 15 is 0 Å². The lowest BCUT2D eigenvalue weighted by Gasteiger charge is -2.09. The summed E-state index contributed by atoms with van der Waals surface area (Å²) in [4.78, 5) is 13.2. The van der Waals surface area contributed by atoms with Crippen LogP contribution in [0.25, 0.3) is 0 Å². The molecule has 2 rings (SSSR count). The van der Waals surface area contributed by atoms with Crippen LogP contribution in [0.3, 0.4) is 0 Å². The zero-order chi connectivity index (χ0) is 15.2. The van der Waals surface area contributed by atoms with Gasteiger partial charge in [0.25, 0.3) is 0 Å². The number of methoxy groups -OCH3 is 1. The Morgan fingerprint density at radius 3 is 2.52 bits per heavy atom. The number of carbonyl (C=O) groups excluding carboxylic acids is 1. The summed E-state index contributed by atoms with van der Waals surface area (Å²) >= 11 is 1.62. The first kappa shape index (κ1) is 15.4. The van der Waals surface area contributed by atoms with Gasteiger partial charge in [-0.1, -0.05) is 0 Å². The molecule has 0 aliphatic carbocycles. The summed E-state index contributed by atoms with van der Waals surface area (Å²) in [6.07, 6.45) is 1.98. The number of Topliss-reactive ketones (excluding diaryl/α,β-unsaturated/α-hetero) is 1. The van der Waals surface area contributed by atoms with Crippen molar-refractivity contribution in [3.05, 3.63) is 53.8 Å². The van der Waals surface area contributed by atoms with Gasteiger partial charge in [-0.25, -0.2) is 4.39 Å². The zero-order valence-corrected chi connectivity index (χ0v) is 12.6. The van der Waals surface area contributed by atoms with E-state index in [-0.39, 0.29) is 18.0 Å². The first-order chi connectivity index (χ1) is 10.1. The minimum Gasteiger partial charge on any atom is -0.496 e. The molecule has 3 nitrogen and oxygen atoms in total. The Balaban J connectivity index is 2.05. The fourth-order valence-electron chi connectivity index (χ4n) is 1.80. The van der Waals surface area contributed by atoms with Crippen LogP contribution >= 0.6 is 11.8 Å². The summed E-state index contributed by atoms with van der Waals surface area (Å²) in [6, 6.07) is 11.2. The van der Waals surface area contributed by atoms with E-state index < -0.39 is 5.82 Å². The molecular weight excluding hydrogens is 291 g/mol. The highest BCUT2D eigenvalue weighted by Gasteiger charge is 2.14. The van der Waals surface area contributed by atoms with Crippen molar-refractivity contribution in [2.45, 2.75) is 4.90 Å². The molecule has 110 valence electrons. The average Bonchev–Trinajstić information content (AvgIpc) is 2.53. The standard InChI is InChI=1S/C16H15FO3S/c1-19-16-8-3-11(17)9-14(16)15(18)10-20-12-4-6-13(21-2)7-5-12/h3-9H,10H2,1-2H3. The van der Waals surface area contributed by atoms with Gasteiger partial charge in [0.1, 0.15) is 17.3 Å². The molecule has 0 radical (unpaired) electrons. The monoisotopic (exact) mass is 306 g/mol. The number of benzene rings is 2. The van der Waals surface area contributed by atoms with Gasteiger partial charge in [-0.3, -0.25) is 4.79 Å². The summed E-state index contributed by atoms with van der Waals surface area (Å²) in [7, 11) is 1.44. The number of rotatable bonds is 6. The number of hydrogen-bond acceptors (Lipinski definition) is 4. The van der Waals surface area contributed by atoms with Crippen molar-refractivity contribution < 1.29 is 18.7 Å². The first-order valence-corrected chi connectivity index (χ1v) is 7.50. The van der Waals surface area contributed by atoms with Gasteiger partial charge in [-0.2, -0.15) is 0 Å². The van der Waals surface area contributed by atoms with E-state index in [0.717, 1.165) is 11.0 Å². The highest BCUT2D eigenvalue weighted by atomic mass is 32.2. The third-order valence-corrected chi connectivity index (χ3v) is 3.63. The fourth-order valence-corrected chi connectivity index (χ4v) is 2.20. The zero-order valence-electron chi connectivity index (χ0n) is 11.8. The lowest BCUT2D eigenvalue weighted by atomic mass is 10.1. The quantitative estimate of drug-likeness (QED) is 0.600. The molecule has 0 saturated carbocycles. The smallest absolute Gasteiger partial charge is 0.204 e. The molecule has 0 bridgehead atoms. The van der Waals surface area contributed by atoms with Crippen molar-refractivity contribution in [2.75, 3.05) is 20.0 Å². The van der Waals surface area contributed by atoms with E-state index in [4.69, 9.17) is 9.47 Å². The third-order valence-electron chi connectivity index (χ3n) is 2.89. The van der Waals surface area contributed by atoms with E-state index in [0.29, 0.717) is 11.5 Å². The van der Waals surface area contributed by atoms with E-state index in [1.807, 2.05) is 18.4 Å². The van der Waals surface area contributed by atoms with Crippen molar-refractivity contribution in [1.29, 1.82) is 0 Å². The molecule has 0 aliphatic rings. The van der Waals surface area contributed by atoms with Gasteiger partial charge in [0.05, 0.1) is 12.7 Å². The molecule has 0 atom stereocenters. The van der Waals surface area contributed by atoms with Gasteiger partial charge in [0, 0.05) is 4.90 Å². The van der Waals surface area contributed by atoms with Crippen LogP contribution < -0.4 is 9.47 Å². The lowest BCUT2D eigenvalue weighted by molar-refractivity contribution is 0.0918. The van der Waals surface area contributed by atoms with Gasteiger partial charge < -0.3 is 9.47 Å². The molecule has 21 heavy (non-hydrogen) atoms. The van der Waals surface area contributed by atoms with E-state index in [1.165, 1.54) is 19.2 Å². The third kappa shape index (κ3) is 3.98. The van der Waals surface area contributed by atoms with Crippen LogP contribution in [0, 0.1) is 5.82 Å². The second kappa shape index (κ2) is 7.13. The van der Waals surface area contributed by atoms with Crippen LogP contribution in [0.15, 0.2) is 47.4 Å². The summed E-state index contributed by atoms with van der Waals surface area (Å²) < 4.78 is 23.7. The number of thioether (sulfide) groups is 1. The molecule has 0 N–H and O–H groups in total.